The van der Waals surface area contributed by atoms with E-state index in [1.165, 1.54) is 4.90 Å². The van der Waals surface area contributed by atoms with Crippen molar-refractivity contribution in [3.05, 3.63) is 71.8 Å². The SMILES string of the molecule is Cc1ccccc1NC(=O)c1ccc(N2C(=O)[C@@H]3[C@H]4C=C[C@@H]([C@@H]5C[C@@H]45)[C@H]3C2=O)cc1. The molecule has 30 heavy (non-hydrogen) atoms. The Kier molecular flexibility index (Phi) is 3.61. The number of para-hydroxylation sites is 1. The largest absolute Gasteiger partial charge is 0.322 e. The molecule has 4 aliphatic carbocycles. The first kappa shape index (κ1) is 17.6. The van der Waals surface area contributed by atoms with Crippen LogP contribution in [0.3, 0.4) is 0 Å². The summed E-state index contributed by atoms with van der Waals surface area (Å²) in [5.74, 6) is 0.817. The van der Waals surface area contributed by atoms with E-state index in [2.05, 4.69) is 17.5 Å². The van der Waals surface area contributed by atoms with Gasteiger partial charge in [-0.3, -0.25) is 19.3 Å². The summed E-state index contributed by atoms with van der Waals surface area (Å²) in [5, 5.41) is 2.91. The molecule has 150 valence electrons. The molecule has 2 saturated carbocycles. The lowest BCUT2D eigenvalue weighted by molar-refractivity contribution is -0.124. The van der Waals surface area contributed by atoms with Gasteiger partial charge in [0, 0.05) is 11.3 Å². The average molecular weight is 398 g/mol. The van der Waals surface area contributed by atoms with Gasteiger partial charge in [0.15, 0.2) is 0 Å². The van der Waals surface area contributed by atoms with Crippen molar-refractivity contribution in [3.63, 3.8) is 0 Å². The molecule has 7 rings (SSSR count). The first-order valence-corrected chi connectivity index (χ1v) is 10.6. The predicted octanol–water partition coefficient (Wildman–Crippen LogP) is 3.80. The molecule has 3 fully saturated rings. The molecule has 2 bridgehead atoms. The van der Waals surface area contributed by atoms with Crippen LogP contribution in [0, 0.1) is 42.4 Å². The Morgan fingerprint density at radius 1 is 0.900 bits per heavy atom. The molecule has 1 aliphatic heterocycles. The van der Waals surface area contributed by atoms with Gasteiger partial charge in [-0.15, -0.1) is 0 Å². The van der Waals surface area contributed by atoms with Crippen molar-refractivity contribution in [2.24, 2.45) is 35.5 Å². The molecule has 5 nitrogen and oxygen atoms in total. The van der Waals surface area contributed by atoms with Gasteiger partial charge in [0.2, 0.25) is 11.8 Å². The lowest BCUT2D eigenvalue weighted by Crippen LogP contribution is -2.40. The maximum absolute atomic E-state index is 13.2. The summed E-state index contributed by atoms with van der Waals surface area (Å²) in [4.78, 5) is 40.3. The monoisotopic (exact) mass is 398 g/mol. The van der Waals surface area contributed by atoms with E-state index in [-0.39, 0.29) is 41.4 Å². The van der Waals surface area contributed by atoms with Gasteiger partial charge in [0.1, 0.15) is 0 Å². The maximum atomic E-state index is 13.2. The first-order chi connectivity index (χ1) is 14.5. The van der Waals surface area contributed by atoms with Gasteiger partial charge in [-0.2, -0.15) is 0 Å². The van der Waals surface area contributed by atoms with E-state index in [0.717, 1.165) is 17.7 Å². The molecule has 6 atom stereocenters. The summed E-state index contributed by atoms with van der Waals surface area (Å²) in [6.07, 6.45) is 5.50. The summed E-state index contributed by atoms with van der Waals surface area (Å²) < 4.78 is 0. The molecule has 0 aromatic heterocycles. The highest BCUT2D eigenvalue weighted by molar-refractivity contribution is 6.22. The second-order valence-corrected chi connectivity index (χ2v) is 8.98. The van der Waals surface area contributed by atoms with Gasteiger partial charge in [-0.25, -0.2) is 0 Å². The number of benzene rings is 2. The Balaban J connectivity index is 1.24. The van der Waals surface area contributed by atoms with Crippen LogP contribution < -0.4 is 10.2 Å². The number of hydrogen-bond donors (Lipinski definition) is 1. The molecule has 1 heterocycles. The van der Waals surface area contributed by atoms with Gasteiger partial charge >= 0.3 is 0 Å². The van der Waals surface area contributed by atoms with Crippen LogP contribution in [-0.2, 0) is 9.59 Å². The molecule has 1 N–H and O–H groups in total. The zero-order chi connectivity index (χ0) is 20.6. The third-order valence-electron chi connectivity index (χ3n) is 7.44. The van der Waals surface area contributed by atoms with Crippen LogP contribution in [0.4, 0.5) is 11.4 Å². The van der Waals surface area contributed by atoms with Gasteiger partial charge in [0.25, 0.3) is 5.91 Å². The molecule has 3 amide bonds. The number of aryl methyl sites for hydroxylation is 1. The number of carbonyl (C=O) groups is 3. The zero-order valence-corrected chi connectivity index (χ0v) is 16.6. The third kappa shape index (κ3) is 2.38. The predicted molar refractivity (Wildman–Crippen MR) is 113 cm³/mol. The second-order valence-electron chi connectivity index (χ2n) is 8.98. The smallest absolute Gasteiger partial charge is 0.255 e. The molecule has 0 radical (unpaired) electrons. The Hall–Kier alpha value is -3.21. The number of carbonyl (C=O) groups excluding carboxylic acids is 3. The van der Waals surface area contributed by atoms with Crippen molar-refractivity contribution in [1.82, 2.24) is 0 Å². The van der Waals surface area contributed by atoms with Crippen LogP contribution in [0.2, 0.25) is 0 Å². The van der Waals surface area contributed by atoms with Crippen LogP contribution in [0.5, 0.6) is 0 Å². The fraction of sp³-hybridized carbons (Fsp3) is 0.320. The Labute approximate surface area is 174 Å². The van der Waals surface area contributed by atoms with Crippen molar-refractivity contribution in [3.8, 4) is 0 Å². The van der Waals surface area contributed by atoms with Crippen molar-refractivity contribution < 1.29 is 14.4 Å². The Morgan fingerprint density at radius 2 is 1.50 bits per heavy atom. The van der Waals surface area contributed by atoms with E-state index in [0.29, 0.717) is 23.1 Å². The van der Waals surface area contributed by atoms with Crippen molar-refractivity contribution in [1.29, 1.82) is 0 Å². The summed E-state index contributed by atoms with van der Waals surface area (Å²) in [7, 11) is 0. The standard InChI is InChI=1S/C25H22N2O3/c1-13-4-2-3-5-20(13)26-23(28)14-6-8-15(9-7-14)27-24(29)21-16-10-11-17(19-12-18(16)19)22(21)25(27)30/h2-11,16-19,21-22H,12H2,1H3,(H,26,28)/t16-,17-,18-,19-,21+,22+/m0/s1. The minimum Gasteiger partial charge on any atom is -0.322 e. The normalized spacial score (nSPS) is 32.8. The minimum absolute atomic E-state index is 0.0770. The summed E-state index contributed by atoms with van der Waals surface area (Å²) in [5.41, 5.74) is 2.79. The molecule has 0 spiro atoms. The average Bonchev–Trinajstić information content (AvgIpc) is 3.53. The topological polar surface area (TPSA) is 66.5 Å². The quantitative estimate of drug-likeness (QED) is 0.632. The maximum Gasteiger partial charge on any atom is 0.255 e. The van der Waals surface area contributed by atoms with Gasteiger partial charge < -0.3 is 5.32 Å². The molecule has 5 heteroatoms. The van der Waals surface area contributed by atoms with Gasteiger partial charge in [-0.1, -0.05) is 30.4 Å². The van der Waals surface area contributed by atoms with Crippen molar-refractivity contribution in [2.45, 2.75) is 13.3 Å². The molecular weight excluding hydrogens is 376 g/mol. The van der Waals surface area contributed by atoms with E-state index in [1.54, 1.807) is 24.3 Å². The fourth-order valence-corrected chi connectivity index (χ4v) is 5.88. The highest BCUT2D eigenvalue weighted by Gasteiger charge is 2.67. The molecule has 1 saturated heterocycles. The van der Waals surface area contributed by atoms with Crippen LogP contribution in [0.25, 0.3) is 0 Å². The number of amides is 3. The van der Waals surface area contributed by atoms with E-state index < -0.39 is 0 Å². The summed E-state index contributed by atoms with van der Waals surface area (Å²) in [6.45, 7) is 1.94. The molecule has 2 aromatic carbocycles. The van der Waals surface area contributed by atoms with Crippen LogP contribution >= 0.6 is 0 Å². The lowest BCUT2D eigenvalue weighted by Gasteiger charge is -2.37. The van der Waals surface area contributed by atoms with E-state index >= 15 is 0 Å². The lowest BCUT2D eigenvalue weighted by atomic mass is 9.63. The number of rotatable bonds is 3. The molecular formula is C25H22N2O3. The van der Waals surface area contributed by atoms with E-state index in [1.807, 2.05) is 31.2 Å². The third-order valence-corrected chi connectivity index (χ3v) is 7.44. The zero-order valence-electron chi connectivity index (χ0n) is 16.6. The Morgan fingerprint density at radius 3 is 2.10 bits per heavy atom. The summed E-state index contributed by atoms with van der Waals surface area (Å²) >= 11 is 0. The number of allylic oxidation sites excluding steroid dienone is 2. The van der Waals surface area contributed by atoms with Gasteiger partial charge in [0.05, 0.1) is 17.5 Å². The number of nitrogens with zero attached hydrogens (tertiary/aromatic N) is 1. The van der Waals surface area contributed by atoms with Crippen LogP contribution in [0.15, 0.2) is 60.7 Å². The Bertz CT molecular complexity index is 1080. The van der Waals surface area contributed by atoms with Crippen molar-refractivity contribution >= 4 is 29.1 Å². The summed E-state index contributed by atoms with van der Waals surface area (Å²) in [6, 6.07) is 14.4. The first-order valence-electron chi connectivity index (χ1n) is 10.6. The van der Waals surface area contributed by atoms with E-state index in [9.17, 15) is 14.4 Å². The molecule has 5 aliphatic rings. The minimum atomic E-state index is -0.217. The number of imide groups is 1. The van der Waals surface area contributed by atoms with Crippen molar-refractivity contribution in [2.75, 3.05) is 10.2 Å². The van der Waals surface area contributed by atoms with E-state index in [4.69, 9.17) is 0 Å². The highest BCUT2D eigenvalue weighted by Crippen LogP contribution is 2.65. The number of nitrogens with one attached hydrogen (secondary N) is 1. The highest BCUT2D eigenvalue weighted by atomic mass is 16.2. The molecule has 2 aromatic rings. The second kappa shape index (κ2) is 6.14. The van der Waals surface area contributed by atoms with Gasteiger partial charge in [-0.05, 0) is 72.9 Å². The molecule has 0 unspecified atom stereocenters. The fourth-order valence-electron chi connectivity index (χ4n) is 5.88. The van der Waals surface area contributed by atoms with Crippen LogP contribution in [-0.4, -0.2) is 17.7 Å². The number of hydrogen-bond acceptors (Lipinski definition) is 3. The number of anilines is 2. The van der Waals surface area contributed by atoms with Crippen LogP contribution in [0.1, 0.15) is 22.3 Å².